The van der Waals surface area contributed by atoms with Crippen molar-refractivity contribution in [2.24, 2.45) is 0 Å². The number of nitro benzene ring substituents is 1. The molecule has 1 heterocycles. The zero-order valence-electron chi connectivity index (χ0n) is 17.6. The van der Waals surface area contributed by atoms with Crippen molar-refractivity contribution < 1.29 is 9.72 Å². The molecule has 1 fully saturated rings. The van der Waals surface area contributed by atoms with Crippen molar-refractivity contribution in [2.45, 2.75) is 45.2 Å². The first-order chi connectivity index (χ1) is 14.8. The van der Waals surface area contributed by atoms with Gasteiger partial charge in [0.05, 0.1) is 4.92 Å². The molecule has 3 rings (SSSR count). The molecule has 0 radical (unpaired) electrons. The van der Waals surface area contributed by atoms with E-state index in [0.29, 0.717) is 24.2 Å². The maximum Gasteiger partial charge on any atom is 0.288 e. The van der Waals surface area contributed by atoms with Crippen molar-refractivity contribution in [2.75, 3.05) is 19.6 Å². The van der Waals surface area contributed by atoms with E-state index in [1.807, 2.05) is 12.1 Å². The third-order valence-corrected chi connectivity index (χ3v) is 6.35. The van der Waals surface area contributed by atoms with Crippen LogP contribution < -0.4 is 0 Å². The molecule has 0 N–H and O–H groups in total. The summed E-state index contributed by atoms with van der Waals surface area (Å²) in [5.74, 6) is -0.249. The van der Waals surface area contributed by atoms with Crippen LogP contribution in [0.15, 0.2) is 42.5 Å². The molecular weight excluding hydrogens is 437 g/mol. The Hall–Kier alpha value is -2.15. The number of hydrogen-bond donors (Lipinski definition) is 0. The molecule has 0 saturated carbocycles. The van der Waals surface area contributed by atoms with Crippen molar-refractivity contribution in [1.29, 1.82) is 0 Å². The zero-order chi connectivity index (χ0) is 22.4. The number of benzene rings is 2. The summed E-state index contributed by atoms with van der Waals surface area (Å²) in [6.45, 7) is 5.23. The molecule has 1 aliphatic rings. The SMILES string of the molecule is CC1CCCCN1CCCN(Cc1ccc(Cl)cc1)C(=O)c1ccc(Cl)c([N+](=O)[O-])c1. The van der Waals surface area contributed by atoms with Gasteiger partial charge >= 0.3 is 0 Å². The van der Waals surface area contributed by atoms with Crippen LogP contribution in [-0.4, -0.2) is 46.3 Å². The van der Waals surface area contributed by atoms with Gasteiger partial charge in [-0.1, -0.05) is 41.8 Å². The van der Waals surface area contributed by atoms with E-state index in [1.54, 1.807) is 23.1 Å². The number of halogens is 2. The van der Waals surface area contributed by atoms with Gasteiger partial charge < -0.3 is 9.80 Å². The number of likely N-dealkylation sites (tertiary alicyclic amines) is 1. The molecule has 0 bridgehead atoms. The van der Waals surface area contributed by atoms with E-state index in [0.717, 1.165) is 25.1 Å². The zero-order valence-corrected chi connectivity index (χ0v) is 19.1. The Bertz CT molecular complexity index is 921. The summed E-state index contributed by atoms with van der Waals surface area (Å²) in [6.07, 6.45) is 4.53. The van der Waals surface area contributed by atoms with E-state index in [2.05, 4.69) is 11.8 Å². The fourth-order valence-corrected chi connectivity index (χ4v) is 4.30. The first-order valence-corrected chi connectivity index (χ1v) is 11.3. The Balaban J connectivity index is 1.75. The molecule has 0 aromatic heterocycles. The molecule has 6 nitrogen and oxygen atoms in total. The fraction of sp³-hybridized carbons (Fsp3) is 0.435. The highest BCUT2D eigenvalue weighted by Crippen LogP contribution is 2.26. The maximum atomic E-state index is 13.3. The van der Waals surface area contributed by atoms with Crippen LogP contribution in [0.25, 0.3) is 0 Å². The summed E-state index contributed by atoms with van der Waals surface area (Å²) in [7, 11) is 0. The molecular formula is C23H27Cl2N3O3. The minimum Gasteiger partial charge on any atom is -0.334 e. The number of carbonyl (C=O) groups is 1. The van der Waals surface area contributed by atoms with Crippen LogP contribution in [0, 0.1) is 10.1 Å². The average Bonchev–Trinajstić information content (AvgIpc) is 2.75. The number of nitro groups is 1. The Kier molecular flexibility index (Phi) is 8.29. The molecule has 0 spiro atoms. The number of amides is 1. The van der Waals surface area contributed by atoms with Crippen LogP contribution in [0.3, 0.4) is 0 Å². The minimum atomic E-state index is -0.569. The molecule has 1 atom stereocenters. The second-order valence-corrected chi connectivity index (χ2v) is 8.85. The molecule has 31 heavy (non-hydrogen) atoms. The van der Waals surface area contributed by atoms with E-state index in [1.165, 1.54) is 31.4 Å². The number of piperidine rings is 1. The monoisotopic (exact) mass is 463 g/mol. The van der Waals surface area contributed by atoms with Crippen molar-refractivity contribution >= 4 is 34.8 Å². The smallest absolute Gasteiger partial charge is 0.288 e. The van der Waals surface area contributed by atoms with Crippen molar-refractivity contribution in [3.8, 4) is 0 Å². The van der Waals surface area contributed by atoms with Gasteiger partial charge in [0.25, 0.3) is 11.6 Å². The number of hydrogen-bond acceptors (Lipinski definition) is 4. The molecule has 166 valence electrons. The number of rotatable bonds is 8. The number of nitrogens with zero attached hydrogens (tertiary/aromatic N) is 3. The van der Waals surface area contributed by atoms with Gasteiger partial charge in [-0.05, 0) is 62.6 Å². The normalized spacial score (nSPS) is 16.8. The third kappa shape index (κ3) is 6.42. The van der Waals surface area contributed by atoms with E-state index >= 15 is 0 Å². The summed E-state index contributed by atoms with van der Waals surface area (Å²) in [5, 5.41) is 11.9. The maximum absolute atomic E-state index is 13.3. The fourth-order valence-electron chi connectivity index (χ4n) is 3.99. The van der Waals surface area contributed by atoms with Crippen LogP contribution >= 0.6 is 23.2 Å². The van der Waals surface area contributed by atoms with Crippen LogP contribution in [0.4, 0.5) is 5.69 Å². The summed E-state index contributed by atoms with van der Waals surface area (Å²) in [4.78, 5) is 28.2. The molecule has 1 unspecified atom stereocenters. The van der Waals surface area contributed by atoms with Crippen molar-refractivity contribution in [3.63, 3.8) is 0 Å². The molecule has 0 aliphatic carbocycles. The van der Waals surface area contributed by atoms with Gasteiger partial charge in [0.2, 0.25) is 0 Å². The van der Waals surface area contributed by atoms with Gasteiger partial charge in [-0.3, -0.25) is 14.9 Å². The Morgan fingerprint density at radius 2 is 1.94 bits per heavy atom. The van der Waals surface area contributed by atoms with Crippen molar-refractivity contribution in [3.05, 3.63) is 73.8 Å². The van der Waals surface area contributed by atoms with E-state index < -0.39 is 4.92 Å². The highest BCUT2D eigenvalue weighted by Gasteiger charge is 2.22. The third-order valence-electron chi connectivity index (χ3n) is 5.78. The summed E-state index contributed by atoms with van der Waals surface area (Å²) in [6, 6.07) is 12.1. The highest BCUT2D eigenvalue weighted by atomic mass is 35.5. The standard InChI is InChI=1S/C23H27Cl2N3O3/c1-17-5-2-3-12-26(17)13-4-14-27(16-18-6-9-20(24)10-7-18)23(29)19-8-11-21(25)22(15-19)28(30)31/h6-11,15,17H,2-5,12-14,16H2,1H3. The largest absolute Gasteiger partial charge is 0.334 e. The van der Waals surface area contributed by atoms with Gasteiger partial charge in [-0.15, -0.1) is 0 Å². The van der Waals surface area contributed by atoms with Gasteiger partial charge in [0.15, 0.2) is 0 Å². The Morgan fingerprint density at radius 3 is 2.61 bits per heavy atom. The Labute approximate surface area is 192 Å². The summed E-state index contributed by atoms with van der Waals surface area (Å²) in [5.41, 5.74) is 0.949. The molecule has 2 aromatic carbocycles. The van der Waals surface area contributed by atoms with E-state index in [4.69, 9.17) is 23.2 Å². The molecule has 1 aliphatic heterocycles. The second-order valence-electron chi connectivity index (χ2n) is 8.01. The lowest BCUT2D eigenvalue weighted by atomic mass is 10.0. The molecule has 1 amide bonds. The summed E-state index contributed by atoms with van der Waals surface area (Å²) < 4.78 is 0. The quantitative estimate of drug-likeness (QED) is 0.365. The van der Waals surface area contributed by atoms with Gasteiger partial charge in [-0.2, -0.15) is 0 Å². The topological polar surface area (TPSA) is 66.7 Å². The lowest BCUT2D eigenvalue weighted by molar-refractivity contribution is -0.384. The molecule has 8 heteroatoms. The van der Waals surface area contributed by atoms with Crippen LogP contribution in [0.2, 0.25) is 10.0 Å². The second kappa shape index (κ2) is 10.9. The Morgan fingerprint density at radius 1 is 1.19 bits per heavy atom. The van der Waals surface area contributed by atoms with Gasteiger partial charge in [-0.25, -0.2) is 0 Å². The predicted molar refractivity (Wildman–Crippen MR) is 124 cm³/mol. The lowest BCUT2D eigenvalue weighted by Crippen LogP contribution is -2.40. The van der Waals surface area contributed by atoms with Gasteiger partial charge in [0, 0.05) is 42.3 Å². The van der Waals surface area contributed by atoms with Crippen molar-refractivity contribution in [1.82, 2.24) is 9.80 Å². The average molecular weight is 464 g/mol. The van der Waals surface area contributed by atoms with Crippen LogP contribution in [0.1, 0.15) is 48.5 Å². The highest BCUT2D eigenvalue weighted by molar-refractivity contribution is 6.32. The first-order valence-electron chi connectivity index (χ1n) is 10.6. The lowest BCUT2D eigenvalue weighted by Gasteiger charge is -2.34. The molecule has 2 aromatic rings. The van der Waals surface area contributed by atoms with E-state index in [9.17, 15) is 14.9 Å². The summed E-state index contributed by atoms with van der Waals surface area (Å²) >= 11 is 11.9. The van der Waals surface area contributed by atoms with Crippen LogP contribution in [-0.2, 0) is 6.54 Å². The van der Waals surface area contributed by atoms with Gasteiger partial charge in [0.1, 0.15) is 5.02 Å². The first kappa shape index (κ1) is 23.5. The van der Waals surface area contributed by atoms with Crippen LogP contribution in [0.5, 0.6) is 0 Å². The molecule has 1 saturated heterocycles. The predicted octanol–water partition coefficient (Wildman–Crippen LogP) is 5.81. The number of carbonyl (C=O) groups excluding carboxylic acids is 1. The van der Waals surface area contributed by atoms with E-state index in [-0.39, 0.29) is 22.2 Å². The minimum absolute atomic E-state index is 0.0184.